The molecule has 0 radical (unpaired) electrons. The highest BCUT2D eigenvalue weighted by Crippen LogP contribution is 2.26. The molecule has 84 heavy (non-hydrogen) atoms. The monoisotopic (exact) mass is 1200 g/mol. The molecule has 3 aromatic rings. The minimum Gasteiger partial charge on any atom is -0.508 e. The summed E-state index contributed by atoms with van der Waals surface area (Å²) in [5.41, 5.74) is 33.1. The Morgan fingerprint density at radius 2 is 1.37 bits per heavy atom. The molecule has 0 aliphatic carbocycles. The molecule has 0 saturated carbocycles. The highest BCUT2D eigenvalue weighted by Gasteiger charge is 2.40. The number of hydrogen-bond acceptors (Lipinski definition) is 16. The van der Waals surface area contributed by atoms with Gasteiger partial charge in [-0.2, -0.15) is 0 Å². The van der Waals surface area contributed by atoms with E-state index in [9.17, 15) is 57.8 Å². The number of benzene rings is 3. The van der Waals surface area contributed by atoms with Crippen LogP contribution in [0.3, 0.4) is 0 Å². The van der Waals surface area contributed by atoms with Crippen molar-refractivity contribution in [3.8, 4) is 5.75 Å². The maximum absolute atomic E-state index is 14.7. The van der Waals surface area contributed by atoms with Gasteiger partial charge < -0.3 is 75.5 Å². The first-order valence-electron chi connectivity index (χ1n) is 26.7. The number of aromatic hydroxyl groups is 1. The number of phenolic OH excluding ortho intramolecular Hbond substituents is 1. The lowest BCUT2D eigenvalue weighted by Gasteiger charge is -2.31. The molecule has 2 heterocycles. The number of rotatable bonds is 22. The Labute approximate surface area is 490 Å². The zero-order valence-corrected chi connectivity index (χ0v) is 47.3. The van der Waals surface area contributed by atoms with Gasteiger partial charge in [-0.15, -0.1) is 0 Å². The predicted octanol–water partition coefficient (Wildman–Crippen LogP) is -0.856. The fourth-order valence-corrected chi connectivity index (χ4v) is 10.9. The van der Waals surface area contributed by atoms with E-state index in [1.54, 1.807) is 66.7 Å². The van der Waals surface area contributed by atoms with Gasteiger partial charge in [-0.1, -0.05) is 81.3 Å². The number of likely N-dealkylation sites (tertiary alicyclic amines) is 1. The molecule has 3 unspecified atom stereocenters. The number of carbonyl (C=O) groups excluding carboxylic acids is 11. The van der Waals surface area contributed by atoms with E-state index in [4.69, 9.17) is 28.5 Å². The van der Waals surface area contributed by atoms with E-state index in [-0.39, 0.29) is 68.4 Å². The summed E-state index contributed by atoms with van der Waals surface area (Å²) in [7, 11) is 2.18. The second-order valence-electron chi connectivity index (χ2n) is 19.5. The Morgan fingerprint density at radius 1 is 0.738 bits per heavy atom. The van der Waals surface area contributed by atoms with Crippen LogP contribution in [-0.4, -0.2) is 154 Å². The summed E-state index contributed by atoms with van der Waals surface area (Å²) in [4.78, 5) is 158. The van der Waals surface area contributed by atoms with Gasteiger partial charge in [0.25, 0.3) is 0 Å². The van der Waals surface area contributed by atoms with Gasteiger partial charge in [-0.05, 0) is 79.4 Å². The van der Waals surface area contributed by atoms with Crippen molar-refractivity contribution in [2.45, 2.75) is 113 Å². The molecule has 29 nitrogen and oxygen atoms in total. The number of nitrogens with zero attached hydrogens (tertiary/aromatic N) is 5. The number of amides is 11. The average molecular weight is 1200 g/mol. The number of anilines is 1. The predicted molar refractivity (Wildman–Crippen MR) is 311 cm³/mol. The van der Waals surface area contributed by atoms with Gasteiger partial charge in [0.15, 0.2) is 5.96 Å². The standard InChI is InChI=1S/C53H69N17O12S2/c54-42(72)20-19-36-47(77)66-39(27-43(55)73)50(80)67-40(29-84-83-24-21-45(75)62-37(26-31-11-17-34(71)18-12-31)48(78)65-38(49(79)63-36)25-30-7-2-1-3-8-30)52(82)70-23-6-10-41(70)51(81)64-35(46(76)60-28-44(56)74)9-4-5-22-59-53(57)61-32-13-15-33(16-14-32)68-69-58/h1-3,7-8,11-18,35-41,71H,4-6,9-10,19-29H2,(H2,54,72)(H2,55,73)(H2,56,74)(H,60,76)(H,62,75)(H,63,79)(H,64,81)(H,65,78)(H,66,77)(H,67,80)(H3,57,59,61)/t35-,36?,37?,38-,39?,40-,41-/m0/s1. The first-order valence-corrected chi connectivity index (χ1v) is 29.2. The Kier molecular flexibility index (Phi) is 26.4. The second kappa shape index (κ2) is 33.7. The first-order chi connectivity index (χ1) is 40.2. The van der Waals surface area contributed by atoms with Crippen molar-refractivity contribution in [3.63, 3.8) is 0 Å². The quantitative estimate of drug-likeness (QED) is 0.0111. The summed E-state index contributed by atoms with van der Waals surface area (Å²) in [5.74, 6) is -9.56. The highest BCUT2D eigenvalue weighted by molar-refractivity contribution is 8.76. The fourth-order valence-electron chi connectivity index (χ4n) is 8.79. The van der Waals surface area contributed by atoms with Gasteiger partial charge in [-0.3, -0.25) is 57.7 Å². The van der Waals surface area contributed by atoms with Crippen molar-refractivity contribution >= 4 is 104 Å². The number of unbranched alkanes of at least 4 members (excludes halogenated alkanes) is 1. The molecule has 0 spiro atoms. The van der Waals surface area contributed by atoms with Gasteiger partial charge in [0.1, 0.15) is 48.0 Å². The van der Waals surface area contributed by atoms with Crippen LogP contribution in [0.2, 0.25) is 0 Å². The molecular formula is C53H69N17O12S2. The molecule has 2 saturated heterocycles. The van der Waals surface area contributed by atoms with Gasteiger partial charge >= 0.3 is 0 Å². The number of guanidine groups is 1. The SMILES string of the molecule is [N-]=[N+]=Nc1ccc(NC(N)=NCCCC[C@H](NC(=O)[C@@H]2CCCN2C(=O)[C@@H]2CSSCCC(=O)NC(Cc3ccc(O)cc3)C(=O)N[C@@H](Cc3ccccc3)C(=O)NC(CCC(N)=O)C(=O)NC(CC(N)=O)C(=O)N2)C(=O)NCC(N)=O)cc1. The summed E-state index contributed by atoms with van der Waals surface area (Å²) in [6, 6.07) is 10.8. The molecule has 2 aliphatic rings. The summed E-state index contributed by atoms with van der Waals surface area (Å²) in [5, 5.41) is 34.4. The van der Waals surface area contributed by atoms with Crippen LogP contribution in [0, 0.1) is 0 Å². The van der Waals surface area contributed by atoms with E-state index >= 15 is 0 Å². The molecule has 0 bridgehead atoms. The van der Waals surface area contributed by atoms with Crippen LogP contribution < -0.4 is 65.5 Å². The zero-order valence-electron chi connectivity index (χ0n) is 45.7. The van der Waals surface area contributed by atoms with E-state index in [0.29, 0.717) is 41.8 Å². The molecule has 5 rings (SSSR count). The molecule has 2 aliphatic heterocycles. The van der Waals surface area contributed by atoms with Crippen LogP contribution in [0.5, 0.6) is 5.75 Å². The molecule has 0 aromatic heterocycles. The Morgan fingerprint density at radius 3 is 2.02 bits per heavy atom. The number of phenols is 1. The third-order valence-corrected chi connectivity index (χ3v) is 15.4. The van der Waals surface area contributed by atoms with Crippen molar-refractivity contribution in [3.05, 3.63) is 100 Å². The third kappa shape index (κ3) is 22.3. The first kappa shape index (κ1) is 65.7. The molecular weight excluding hydrogens is 1130 g/mol. The lowest BCUT2D eigenvalue weighted by molar-refractivity contribution is -0.142. The maximum atomic E-state index is 14.7. The molecule has 2 fully saturated rings. The van der Waals surface area contributed by atoms with Crippen molar-refractivity contribution in [2.24, 2.45) is 33.0 Å². The van der Waals surface area contributed by atoms with Gasteiger partial charge in [-0.25, -0.2) is 0 Å². The van der Waals surface area contributed by atoms with Crippen molar-refractivity contribution in [2.75, 3.05) is 36.5 Å². The van der Waals surface area contributed by atoms with Crippen LogP contribution in [0.4, 0.5) is 11.4 Å². The number of nitrogens with one attached hydrogen (secondary N) is 8. The molecule has 31 heteroatoms. The maximum Gasteiger partial charge on any atom is 0.246 e. The highest BCUT2D eigenvalue weighted by atomic mass is 33.1. The summed E-state index contributed by atoms with van der Waals surface area (Å²) >= 11 is 0. The smallest absolute Gasteiger partial charge is 0.246 e. The fraction of sp³-hybridized carbons (Fsp3) is 0.434. The minimum atomic E-state index is -1.79. The van der Waals surface area contributed by atoms with Crippen LogP contribution in [-0.2, 0) is 65.6 Å². The summed E-state index contributed by atoms with van der Waals surface area (Å²) in [6.45, 7) is -0.322. The summed E-state index contributed by atoms with van der Waals surface area (Å²) in [6.07, 6.45) is -0.900. The Hall–Kier alpha value is -9.09. The molecule has 11 amide bonds. The minimum absolute atomic E-state index is 0.0120. The summed E-state index contributed by atoms with van der Waals surface area (Å²) < 4.78 is 0. The van der Waals surface area contributed by atoms with Gasteiger partial charge in [0.05, 0.1) is 13.0 Å². The number of primary amides is 3. The number of carbonyl (C=O) groups is 11. The molecule has 17 N–H and O–H groups in total. The molecule has 450 valence electrons. The van der Waals surface area contributed by atoms with E-state index in [1.807, 2.05) is 0 Å². The van der Waals surface area contributed by atoms with Crippen LogP contribution in [0.25, 0.3) is 10.4 Å². The number of aliphatic imine (C=N–C) groups is 1. The largest absolute Gasteiger partial charge is 0.508 e. The zero-order chi connectivity index (χ0) is 61.1. The van der Waals surface area contributed by atoms with Crippen LogP contribution in [0.1, 0.15) is 68.9 Å². The van der Waals surface area contributed by atoms with Crippen molar-refractivity contribution < 1.29 is 57.8 Å². The number of hydrogen-bond donors (Lipinski definition) is 13. The van der Waals surface area contributed by atoms with Crippen LogP contribution in [0.15, 0.2) is 89.0 Å². The van der Waals surface area contributed by atoms with E-state index < -0.39 is 133 Å². The van der Waals surface area contributed by atoms with Gasteiger partial charge in [0, 0.05) is 66.6 Å². The Balaban J connectivity index is 1.38. The average Bonchev–Trinajstić information content (AvgIpc) is 4.16. The van der Waals surface area contributed by atoms with Crippen molar-refractivity contribution in [1.82, 2.24) is 42.1 Å². The normalized spacial score (nSPS) is 20.6. The number of azide groups is 1. The second-order valence-corrected chi connectivity index (χ2v) is 22.1. The van der Waals surface area contributed by atoms with Crippen molar-refractivity contribution in [1.29, 1.82) is 0 Å². The molecule has 7 atom stereocenters. The van der Waals surface area contributed by atoms with E-state index in [1.165, 1.54) is 17.0 Å². The topological polar surface area (TPSA) is 473 Å². The third-order valence-electron chi connectivity index (χ3n) is 13.0. The Bertz CT molecular complexity index is 2920. The van der Waals surface area contributed by atoms with Crippen LogP contribution >= 0.6 is 21.6 Å². The lowest BCUT2D eigenvalue weighted by Crippen LogP contribution is -2.61. The lowest BCUT2D eigenvalue weighted by atomic mass is 10.0. The van der Waals surface area contributed by atoms with E-state index in [2.05, 4.69) is 57.6 Å². The molecule has 3 aromatic carbocycles. The van der Waals surface area contributed by atoms with Gasteiger partial charge in [0.2, 0.25) is 65.0 Å². The number of nitrogens with two attached hydrogens (primary N) is 4. The van der Waals surface area contributed by atoms with E-state index in [0.717, 1.165) is 21.6 Å².